The van der Waals surface area contributed by atoms with Gasteiger partial charge < -0.3 is 14.2 Å². The standard InChI is InChI=1S/C18H36O3/c1-4-6-8-9-10-11-12-14-18(19-3,13-7-5-2)21-16-17-15-20-17/h17H,4-16H2,1-3H3. The van der Waals surface area contributed by atoms with Gasteiger partial charge in [-0.1, -0.05) is 58.8 Å². The normalized spacial score (nSPS) is 20.4. The second kappa shape index (κ2) is 11.4. The smallest absolute Gasteiger partial charge is 0.168 e. The van der Waals surface area contributed by atoms with E-state index in [0.717, 1.165) is 25.9 Å². The van der Waals surface area contributed by atoms with E-state index in [9.17, 15) is 0 Å². The molecule has 2 unspecified atom stereocenters. The fraction of sp³-hybridized carbons (Fsp3) is 1.00. The van der Waals surface area contributed by atoms with E-state index in [0.29, 0.717) is 12.7 Å². The second-order valence-corrected chi connectivity index (χ2v) is 6.36. The van der Waals surface area contributed by atoms with Crippen molar-refractivity contribution in [2.45, 2.75) is 96.4 Å². The summed E-state index contributed by atoms with van der Waals surface area (Å²) in [6.45, 7) is 6.03. The van der Waals surface area contributed by atoms with Gasteiger partial charge >= 0.3 is 0 Å². The summed E-state index contributed by atoms with van der Waals surface area (Å²) in [6, 6.07) is 0. The summed E-state index contributed by atoms with van der Waals surface area (Å²) in [6.07, 6.45) is 14.0. The molecule has 1 aliphatic rings. The van der Waals surface area contributed by atoms with Crippen LogP contribution in [0.2, 0.25) is 0 Å². The first-order chi connectivity index (χ1) is 10.3. The van der Waals surface area contributed by atoms with Crippen LogP contribution in [0.1, 0.15) is 84.5 Å². The maximum absolute atomic E-state index is 6.10. The van der Waals surface area contributed by atoms with E-state index >= 15 is 0 Å². The minimum Gasteiger partial charge on any atom is -0.371 e. The van der Waals surface area contributed by atoms with E-state index in [1.54, 1.807) is 7.11 Å². The Morgan fingerprint density at radius 3 is 2.05 bits per heavy atom. The second-order valence-electron chi connectivity index (χ2n) is 6.36. The van der Waals surface area contributed by atoms with Crippen LogP contribution in [0.4, 0.5) is 0 Å². The van der Waals surface area contributed by atoms with Gasteiger partial charge in [0.2, 0.25) is 0 Å². The van der Waals surface area contributed by atoms with E-state index in [4.69, 9.17) is 14.2 Å². The van der Waals surface area contributed by atoms with E-state index in [1.807, 2.05) is 0 Å². The highest BCUT2D eigenvalue weighted by Gasteiger charge is 2.33. The Bertz CT molecular complexity index is 241. The average Bonchev–Trinajstić information content (AvgIpc) is 3.33. The zero-order valence-electron chi connectivity index (χ0n) is 14.5. The molecule has 0 aromatic heterocycles. The Morgan fingerprint density at radius 2 is 1.48 bits per heavy atom. The first-order valence-corrected chi connectivity index (χ1v) is 9.07. The first kappa shape index (κ1) is 18.9. The number of unbranched alkanes of at least 4 members (excludes halogenated alkanes) is 7. The van der Waals surface area contributed by atoms with Crippen LogP contribution < -0.4 is 0 Å². The number of epoxide rings is 1. The van der Waals surface area contributed by atoms with Crippen LogP contribution in [0, 0.1) is 0 Å². The molecule has 0 aromatic rings. The molecule has 1 heterocycles. The molecule has 0 aliphatic carbocycles. The van der Waals surface area contributed by atoms with Crippen LogP contribution in [0.15, 0.2) is 0 Å². The molecule has 21 heavy (non-hydrogen) atoms. The number of hydrogen-bond donors (Lipinski definition) is 0. The maximum Gasteiger partial charge on any atom is 0.168 e. The summed E-state index contributed by atoms with van der Waals surface area (Å²) < 4.78 is 17.1. The van der Waals surface area contributed by atoms with Gasteiger partial charge in [0.1, 0.15) is 6.10 Å². The molecule has 0 radical (unpaired) electrons. The third kappa shape index (κ3) is 8.80. The van der Waals surface area contributed by atoms with Crippen LogP contribution in [0.5, 0.6) is 0 Å². The van der Waals surface area contributed by atoms with Gasteiger partial charge in [0, 0.05) is 20.0 Å². The van der Waals surface area contributed by atoms with Crippen molar-refractivity contribution in [2.75, 3.05) is 20.3 Å². The molecule has 126 valence electrons. The van der Waals surface area contributed by atoms with Crippen molar-refractivity contribution >= 4 is 0 Å². The number of ether oxygens (including phenoxy) is 3. The van der Waals surface area contributed by atoms with Gasteiger partial charge in [-0.2, -0.15) is 0 Å². The Hall–Kier alpha value is -0.120. The Kier molecular flexibility index (Phi) is 10.3. The lowest BCUT2D eigenvalue weighted by Crippen LogP contribution is -2.36. The molecule has 3 nitrogen and oxygen atoms in total. The van der Waals surface area contributed by atoms with Crippen molar-refractivity contribution in [3.63, 3.8) is 0 Å². The molecule has 1 rings (SSSR count). The largest absolute Gasteiger partial charge is 0.371 e. The molecule has 2 atom stereocenters. The van der Waals surface area contributed by atoms with Gasteiger partial charge in [-0.25, -0.2) is 0 Å². The van der Waals surface area contributed by atoms with Crippen molar-refractivity contribution in [2.24, 2.45) is 0 Å². The summed E-state index contributed by atoms with van der Waals surface area (Å²) >= 11 is 0. The minimum absolute atomic E-state index is 0.315. The molecule has 3 heteroatoms. The molecule has 1 fully saturated rings. The zero-order chi connectivity index (χ0) is 15.4. The Balaban J connectivity index is 2.22. The molecule has 0 aromatic carbocycles. The van der Waals surface area contributed by atoms with Gasteiger partial charge in [-0.3, -0.25) is 0 Å². The molecule has 1 aliphatic heterocycles. The van der Waals surface area contributed by atoms with Crippen molar-refractivity contribution in [1.82, 2.24) is 0 Å². The number of rotatable bonds is 15. The number of methoxy groups -OCH3 is 1. The molecule has 0 amide bonds. The van der Waals surface area contributed by atoms with Crippen LogP contribution in [-0.2, 0) is 14.2 Å². The minimum atomic E-state index is -0.370. The summed E-state index contributed by atoms with van der Waals surface area (Å²) in [5.74, 6) is -0.370. The van der Waals surface area contributed by atoms with Crippen LogP contribution in [0.3, 0.4) is 0 Å². The first-order valence-electron chi connectivity index (χ1n) is 9.07. The van der Waals surface area contributed by atoms with Crippen LogP contribution in [0.25, 0.3) is 0 Å². The third-order valence-electron chi connectivity index (χ3n) is 4.38. The lowest BCUT2D eigenvalue weighted by atomic mass is 10.00. The van der Waals surface area contributed by atoms with Gasteiger partial charge in [0.15, 0.2) is 5.79 Å². The highest BCUT2D eigenvalue weighted by atomic mass is 16.7. The van der Waals surface area contributed by atoms with Crippen molar-refractivity contribution in [3.05, 3.63) is 0 Å². The summed E-state index contributed by atoms with van der Waals surface area (Å²) in [5, 5.41) is 0. The quantitative estimate of drug-likeness (QED) is 0.240. The Labute approximate surface area is 131 Å². The Morgan fingerprint density at radius 1 is 0.905 bits per heavy atom. The monoisotopic (exact) mass is 300 g/mol. The molecular weight excluding hydrogens is 264 g/mol. The molecule has 0 spiro atoms. The SMILES string of the molecule is CCCCCCCCCC(CCCC)(OC)OCC1CO1. The average molecular weight is 300 g/mol. The highest BCUT2D eigenvalue weighted by molar-refractivity contribution is 4.74. The fourth-order valence-corrected chi connectivity index (χ4v) is 2.74. The summed E-state index contributed by atoms with van der Waals surface area (Å²) in [4.78, 5) is 0. The molecule has 0 bridgehead atoms. The molecule has 0 N–H and O–H groups in total. The van der Waals surface area contributed by atoms with Gasteiger partial charge in [0.05, 0.1) is 13.2 Å². The van der Waals surface area contributed by atoms with Crippen molar-refractivity contribution in [1.29, 1.82) is 0 Å². The zero-order valence-corrected chi connectivity index (χ0v) is 14.5. The number of hydrogen-bond acceptors (Lipinski definition) is 3. The van der Waals surface area contributed by atoms with Crippen molar-refractivity contribution < 1.29 is 14.2 Å². The highest BCUT2D eigenvalue weighted by Crippen LogP contribution is 2.29. The van der Waals surface area contributed by atoms with Crippen LogP contribution in [-0.4, -0.2) is 32.2 Å². The van der Waals surface area contributed by atoms with E-state index in [1.165, 1.54) is 51.4 Å². The molecule has 1 saturated heterocycles. The third-order valence-corrected chi connectivity index (χ3v) is 4.38. The topological polar surface area (TPSA) is 31.0 Å². The van der Waals surface area contributed by atoms with E-state index in [-0.39, 0.29) is 5.79 Å². The maximum atomic E-state index is 6.10. The molecule has 0 saturated carbocycles. The predicted octanol–water partition coefficient (Wildman–Crippen LogP) is 5.08. The summed E-state index contributed by atoms with van der Waals surface area (Å²) in [5.41, 5.74) is 0. The predicted molar refractivity (Wildman–Crippen MR) is 87.6 cm³/mol. The molecular formula is C18H36O3. The van der Waals surface area contributed by atoms with E-state index < -0.39 is 0 Å². The van der Waals surface area contributed by atoms with Gasteiger partial charge in [-0.15, -0.1) is 0 Å². The van der Waals surface area contributed by atoms with E-state index in [2.05, 4.69) is 13.8 Å². The van der Waals surface area contributed by atoms with Crippen molar-refractivity contribution in [3.8, 4) is 0 Å². The van der Waals surface area contributed by atoms with Crippen LogP contribution >= 0.6 is 0 Å². The van der Waals surface area contributed by atoms with Gasteiger partial charge in [0.25, 0.3) is 0 Å². The summed E-state index contributed by atoms with van der Waals surface area (Å²) in [7, 11) is 1.80. The van der Waals surface area contributed by atoms with Gasteiger partial charge in [-0.05, 0) is 12.8 Å². The lowest BCUT2D eigenvalue weighted by Gasteiger charge is -2.32. The fourth-order valence-electron chi connectivity index (χ4n) is 2.74. The lowest BCUT2D eigenvalue weighted by molar-refractivity contribution is -0.233.